The summed E-state index contributed by atoms with van der Waals surface area (Å²) in [4.78, 5) is 13.8. The van der Waals surface area contributed by atoms with Crippen LogP contribution in [-0.2, 0) is 4.74 Å². The molecule has 1 saturated heterocycles. The number of aliphatic hydroxyl groups is 1. The number of aromatic nitrogens is 2. The first-order valence-corrected chi connectivity index (χ1v) is 12.6. The quantitative estimate of drug-likeness (QED) is 0.298. The molecule has 9 nitrogen and oxygen atoms in total. The minimum atomic E-state index is -0.730. The first-order valence-electron chi connectivity index (χ1n) is 11.8. The number of carbonyl (C=O) groups excluding carboxylic acids is 1. The SMILES string of the molecule is COC(=O)c1nnc(-c2cc3c(OCC(O)CN4CCC(c5ccc(Cl)c(Cl)c5)CC4)cccc3o2)o1. The highest BCUT2D eigenvalue weighted by Gasteiger charge is 2.24. The molecule has 4 aromatic rings. The van der Waals surface area contributed by atoms with Gasteiger partial charge in [0.05, 0.1) is 22.5 Å². The Morgan fingerprint density at radius 3 is 2.70 bits per heavy atom. The van der Waals surface area contributed by atoms with Gasteiger partial charge in [0, 0.05) is 12.6 Å². The van der Waals surface area contributed by atoms with Crippen LogP contribution < -0.4 is 4.74 Å². The van der Waals surface area contributed by atoms with Gasteiger partial charge in [-0.2, -0.15) is 0 Å². The molecule has 37 heavy (non-hydrogen) atoms. The topological polar surface area (TPSA) is 111 Å². The molecule has 1 unspecified atom stereocenters. The summed E-state index contributed by atoms with van der Waals surface area (Å²) >= 11 is 12.2. The molecule has 11 heteroatoms. The van der Waals surface area contributed by atoms with Gasteiger partial charge in [-0.1, -0.05) is 35.3 Å². The van der Waals surface area contributed by atoms with Gasteiger partial charge in [0.15, 0.2) is 5.76 Å². The number of likely N-dealkylation sites (tertiary alicyclic amines) is 1. The Morgan fingerprint density at radius 1 is 1.14 bits per heavy atom. The van der Waals surface area contributed by atoms with Crippen molar-refractivity contribution in [3.8, 4) is 17.4 Å². The van der Waals surface area contributed by atoms with Gasteiger partial charge in [-0.15, -0.1) is 10.2 Å². The van der Waals surface area contributed by atoms with E-state index in [1.165, 1.54) is 12.7 Å². The van der Waals surface area contributed by atoms with E-state index < -0.39 is 12.1 Å². The zero-order valence-electron chi connectivity index (χ0n) is 20.0. The Morgan fingerprint density at radius 2 is 1.95 bits per heavy atom. The molecule has 0 spiro atoms. The molecule has 1 N–H and O–H groups in total. The monoisotopic (exact) mass is 545 g/mol. The lowest BCUT2D eigenvalue weighted by molar-refractivity contribution is 0.0556. The van der Waals surface area contributed by atoms with Gasteiger partial charge in [0.1, 0.15) is 24.0 Å². The molecule has 1 fully saturated rings. The van der Waals surface area contributed by atoms with Gasteiger partial charge in [-0.05, 0) is 61.7 Å². The maximum atomic E-state index is 11.6. The Kier molecular flexibility index (Phi) is 7.66. The number of piperidine rings is 1. The van der Waals surface area contributed by atoms with Crippen molar-refractivity contribution in [2.24, 2.45) is 0 Å². The number of furan rings is 1. The summed E-state index contributed by atoms with van der Waals surface area (Å²) in [6, 6.07) is 12.9. The number of benzene rings is 2. The van der Waals surface area contributed by atoms with Crippen molar-refractivity contribution in [3.05, 3.63) is 64.0 Å². The largest absolute Gasteiger partial charge is 0.490 e. The average molecular weight is 546 g/mol. The van der Waals surface area contributed by atoms with Crippen LogP contribution in [0.4, 0.5) is 0 Å². The second-order valence-corrected chi connectivity index (χ2v) is 9.71. The van der Waals surface area contributed by atoms with Gasteiger partial charge in [0.2, 0.25) is 0 Å². The van der Waals surface area contributed by atoms with Gasteiger partial charge < -0.3 is 28.3 Å². The van der Waals surface area contributed by atoms with E-state index in [0.717, 1.165) is 25.9 Å². The summed E-state index contributed by atoms with van der Waals surface area (Å²) in [7, 11) is 1.23. The number of halogens is 2. The van der Waals surface area contributed by atoms with E-state index in [-0.39, 0.29) is 18.4 Å². The summed E-state index contributed by atoms with van der Waals surface area (Å²) in [5, 5.41) is 20.0. The third-order valence-electron chi connectivity index (χ3n) is 6.42. The molecule has 0 saturated carbocycles. The van der Waals surface area contributed by atoms with Gasteiger partial charge in [-0.25, -0.2) is 4.79 Å². The van der Waals surface area contributed by atoms with Crippen LogP contribution in [0.3, 0.4) is 0 Å². The van der Waals surface area contributed by atoms with Crippen LogP contribution >= 0.6 is 23.2 Å². The Hall–Kier alpha value is -3.11. The maximum absolute atomic E-state index is 11.6. The summed E-state index contributed by atoms with van der Waals surface area (Å²) in [6.45, 7) is 2.39. The molecule has 5 rings (SSSR count). The fourth-order valence-corrected chi connectivity index (χ4v) is 4.82. The number of rotatable bonds is 8. The van der Waals surface area contributed by atoms with E-state index in [0.29, 0.717) is 45.0 Å². The molecule has 2 aromatic heterocycles. The fourth-order valence-electron chi connectivity index (χ4n) is 4.51. The Balaban J connectivity index is 1.17. The fraction of sp³-hybridized carbons (Fsp3) is 0.346. The van der Waals surface area contributed by atoms with Crippen molar-refractivity contribution >= 4 is 40.1 Å². The highest BCUT2D eigenvalue weighted by Crippen LogP contribution is 2.34. The van der Waals surface area contributed by atoms with Crippen LogP contribution in [0.2, 0.25) is 10.0 Å². The van der Waals surface area contributed by atoms with Crippen LogP contribution in [0, 0.1) is 0 Å². The van der Waals surface area contributed by atoms with E-state index in [1.807, 2.05) is 18.2 Å². The number of methoxy groups -OCH3 is 1. The molecule has 194 valence electrons. The number of β-amino-alcohol motifs (C(OH)–C–C–N with tert-alkyl or cyclic N) is 1. The van der Waals surface area contributed by atoms with Crippen molar-refractivity contribution in [1.29, 1.82) is 0 Å². The lowest BCUT2D eigenvalue weighted by atomic mass is 9.89. The molecular formula is C26H25Cl2N3O6. The van der Waals surface area contributed by atoms with Gasteiger partial charge in [0.25, 0.3) is 5.89 Å². The number of carbonyl (C=O) groups is 1. The van der Waals surface area contributed by atoms with E-state index in [9.17, 15) is 9.90 Å². The van der Waals surface area contributed by atoms with Gasteiger partial charge >= 0.3 is 11.9 Å². The number of aliphatic hydroxyl groups excluding tert-OH is 1. The minimum Gasteiger partial charge on any atom is -0.490 e. The second-order valence-electron chi connectivity index (χ2n) is 8.90. The van der Waals surface area contributed by atoms with E-state index in [4.69, 9.17) is 36.8 Å². The normalized spacial score (nSPS) is 15.7. The van der Waals surface area contributed by atoms with E-state index in [2.05, 4.69) is 19.8 Å². The van der Waals surface area contributed by atoms with Crippen molar-refractivity contribution < 1.29 is 28.2 Å². The molecule has 0 radical (unpaired) electrons. The number of ether oxygens (including phenoxy) is 2. The smallest absolute Gasteiger partial charge is 0.396 e. The number of esters is 1. The molecule has 0 amide bonds. The highest BCUT2D eigenvalue weighted by molar-refractivity contribution is 6.42. The standard InChI is InChI=1S/C26H25Cl2N3O6/c1-34-26(33)25-30-29-24(37-25)23-12-18-21(3-2-4-22(18)36-23)35-14-17(32)13-31-9-7-15(8-10-31)16-5-6-19(27)20(28)11-16/h2-6,11-12,15,17,32H,7-10,13-14H2,1H3. The molecule has 1 aliphatic rings. The highest BCUT2D eigenvalue weighted by atomic mass is 35.5. The first kappa shape index (κ1) is 25.5. The van der Waals surface area contributed by atoms with Crippen molar-refractivity contribution in [2.75, 3.05) is 33.4 Å². The molecular weight excluding hydrogens is 521 g/mol. The summed E-state index contributed by atoms with van der Waals surface area (Å²) in [5.74, 6) is 0.323. The lowest BCUT2D eigenvalue weighted by Crippen LogP contribution is -2.40. The number of fused-ring (bicyclic) bond motifs is 1. The Bertz CT molecular complexity index is 1400. The molecule has 2 aromatic carbocycles. The predicted molar refractivity (Wildman–Crippen MR) is 137 cm³/mol. The van der Waals surface area contributed by atoms with Crippen molar-refractivity contribution in [3.63, 3.8) is 0 Å². The lowest BCUT2D eigenvalue weighted by Gasteiger charge is -2.33. The van der Waals surface area contributed by atoms with Crippen LogP contribution in [-0.4, -0.2) is 65.6 Å². The van der Waals surface area contributed by atoms with Crippen LogP contribution in [0.1, 0.15) is 35.0 Å². The van der Waals surface area contributed by atoms with Gasteiger partial charge in [-0.3, -0.25) is 0 Å². The van der Waals surface area contributed by atoms with E-state index >= 15 is 0 Å². The molecule has 3 heterocycles. The third kappa shape index (κ3) is 5.75. The number of nitrogens with zero attached hydrogens (tertiary/aromatic N) is 3. The number of hydrogen-bond donors (Lipinski definition) is 1. The second kappa shape index (κ2) is 11.1. The average Bonchev–Trinajstić information content (AvgIpc) is 3.57. The summed E-state index contributed by atoms with van der Waals surface area (Å²) in [6.07, 6.45) is 1.30. The van der Waals surface area contributed by atoms with Crippen LogP contribution in [0.5, 0.6) is 5.75 Å². The predicted octanol–water partition coefficient (Wildman–Crippen LogP) is 5.20. The Labute approximate surface area is 222 Å². The molecule has 0 bridgehead atoms. The summed E-state index contributed by atoms with van der Waals surface area (Å²) in [5.41, 5.74) is 1.75. The van der Waals surface area contributed by atoms with Crippen molar-refractivity contribution in [1.82, 2.24) is 15.1 Å². The maximum Gasteiger partial charge on any atom is 0.396 e. The minimum absolute atomic E-state index is 0.0480. The molecule has 1 aliphatic heterocycles. The van der Waals surface area contributed by atoms with E-state index in [1.54, 1.807) is 24.3 Å². The third-order valence-corrected chi connectivity index (χ3v) is 7.16. The number of hydrogen-bond acceptors (Lipinski definition) is 9. The molecule has 0 aliphatic carbocycles. The zero-order valence-corrected chi connectivity index (χ0v) is 21.5. The summed E-state index contributed by atoms with van der Waals surface area (Å²) < 4.78 is 21.7. The molecule has 1 atom stereocenters. The van der Waals surface area contributed by atoms with Crippen molar-refractivity contribution in [2.45, 2.75) is 24.9 Å². The first-order chi connectivity index (χ1) is 17.9. The zero-order chi connectivity index (χ0) is 25.9. The van der Waals surface area contributed by atoms with Crippen LogP contribution in [0.25, 0.3) is 22.6 Å². The van der Waals surface area contributed by atoms with Crippen LogP contribution in [0.15, 0.2) is 51.3 Å².